The molecule has 1 saturated carbocycles. The molecule has 0 aromatic heterocycles. The molecule has 0 aliphatic heterocycles. The topological polar surface area (TPSA) is 58.6 Å². The molecular weight excluding hydrogens is 297 g/mol. The van der Waals surface area contributed by atoms with Crippen LogP contribution in [-0.4, -0.2) is 36.9 Å². The number of nitrogens with one attached hydrogen (secondary N) is 1. The van der Waals surface area contributed by atoms with Gasteiger partial charge in [0, 0.05) is 6.54 Å². The number of alkyl halides is 1. The second kappa shape index (κ2) is 7.30. The van der Waals surface area contributed by atoms with Gasteiger partial charge < -0.3 is 15.2 Å². The van der Waals surface area contributed by atoms with Gasteiger partial charge in [0.25, 0.3) is 5.91 Å². The van der Waals surface area contributed by atoms with E-state index in [2.05, 4.69) is 11.4 Å². The van der Waals surface area contributed by atoms with Crippen LogP contribution in [0.4, 0.5) is 4.39 Å². The van der Waals surface area contributed by atoms with Crippen LogP contribution in [0.3, 0.4) is 0 Å². The number of amides is 1. The van der Waals surface area contributed by atoms with Crippen LogP contribution < -0.4 is 10.1 Å². The summed E-state index contributed by atoms with van der Waals surface area (Å²) >= 11 is 0. The Balaban J connectivity index is 1.62. The minimum absolute atomic E-state index is 0.0422. The van der Waals surface area contributed by atoms with Gasteiger partial charge in [0.1, 0.15) is 5.75 Å². The highest BCUT2D eigenvalue weighted by atomic mass is 19.1. The number of carbonyl (C=O) groups is 1. The van der Waals surface area contributed by atoms with E-state index in [4.69, 9.17) is 4.74 Å². The molecule has 2 aliphatic rings. The van der Waals surface area contributed by atoms with E-state index in [1.54, 1.807) is 0 Å². The second-order valence-electron chi connectivity index (χ2n) is 6.63. The average Bonchev–Trinajstić information content (AvgIpc) is 2.90. The maximum Gasteiger partial charge on any atom is 0.257 e. The third-order valence-corrected chi connectivity index (χ3v) is 4.99. The van der Waals surface area contributed by atoms with Gasteiger partial charge in [0.05, 0.1) is 12.8 Å². The number of rotatable bonds is 6. The van der Waals surface area contributed by atoms with Gasteiger partial charge in [-0.1, -0.05) is 12.1 Å². The van der Waals surface area contributed by atoms with Crippen molar-refractivity contribution in [2.75, 3.05) is 19.8 Å². The molecule has 3 unspecified atom stereocenters. The van der Waals surface area contributed by atoms with Crippen molar-refractivity contribution in [2.45, 2.75) is 38.2 Å². The zero-order valence-electron chi connectivity index (χ0n) is 13.3. The molecule has 0 heterocycles. The minimum atomic E-state index is -0.429. The van der Waals surface area contributed by atoms with Crippen molar-refractivity contribution in [2.24, 2.45) is 11.8 Å². The van der Waals surface area contributed by atoms with Gasteiger partial charge in [-0.2, -0.15) is 0 Å². The molecule has 3 rings (SSSR count). The lowest BCUT2D eigenvalue weighted by atomic mass is 9.77. The summed E-state index contributed by atoms with van der Waals surface area (Å²) in [6.07, 6.45) is 3.81. The van der Waals surface area contributed by atoms with Crippen LogP contribution in [0.15, 0.2) is 18.2 Å². The fraction of sp³-hybridized carbons (Fsp3) is 0.611. The third-order valence-electron chi connectivity index (χ3n) is 4.99. The van der Waals surface area contributed by atoms with Crippen LogP contribution in [0.2, 0.25) is 0 Å². The van der Waals surface area contributed by atoms with Crippen molar-refractivity contribution in [1.82, 2.24) is 5.32 Å². The van der Waals surface area contributed by atoms with Crippen LogP contribution in [0, 0.1) is 11.8 Å². The van der Waals surface area contributed by atoms with Crippen molar-refractivity contribution in [3.63, 3.8) is 0 Å². The van der Waals surface area contributed by atoms with E-state index in [0.29, 0.717) is 24.8 Å². The molecule has 1 fully saturated rings. The second-order valence-corrected chi connectivity index (χ2v) is 6.63. The first-order valence-electron chi connectivity index (χ1n) is 8.41. The predicted molar refractivity (Wildman–Crippen MR) is 85.2 cm³/mol. The van der Waals surface area contributed by atoms with Crippen LogP contribution in [0.5, 0.6) is 5.75 Å². The molecule has 0 saturated heterocycles. The van der Waals surface area contributed by atoms with E-state index in [9.17, 15) is 14.3 Å². The van der Waals surface area contributed by atoms with E-state index in [-0.39, 0.29) is 18.6 Å². The number of aliphatic hydroxyl groups excluding tert-OH is 1. The molecule has 0 spiro atoms. The molecule has 4 nitrogen and oxygen atoms in total. The minimum Gasteiger partial charge on any atom is -0.483 e. The smallest absolute Gasteiger partial charge is 0.257 e. The van der Waals surface area contributed by atoms with Crippen molar-refractivity contribution < 1.29 is 19.0 Å². The van der Waals surface area contributed by atoms with Crippen molar-refractivity contribution in [3.8, 4) is 5.75 Å². The monoisotopic (exact) mass is 321 g/mol. The van der Waals surface area contributed by atoms with Crippen LogP contribution in [0.25, 0.3) is 0 Å². The number of hydrogen-bond acceptors (Lipinski definition) is 3. The first-order valence-corrected chi connectivity index (χ1v) is 8.41. The fourth-order valence-corrected chi connectivity index (χ4v) is 3.88. The Kier molecular flexibility index (Phi) is 5.16. The molecule has 0 bridgehead atoms. The highest BCUT2D eigenvalue weighted by Crippen LogP contribution is 2.43. The molecule has 126 valence electrons. The van der Waals surface area contributed by atoms with Crippen molar-refractivity contribution in [3.05, 3.63) is 29.3 Å². The Morgan fingerprint density at radius 2 is 2.09 bits per heavy atom. The maximum atomic E-state index is 12.0. The summed E-state index contributed by atoms with van der Waals surface area (Å²) in [4.78, 5) is 11.7. The SMILES string of the molecule is O=C(COc1cccc2c1CC1CC(O)CC1C2)NCCCF. The molecule has 3 atom stereocenters. The summed E-state index contributed by atoms with van der Waals surface area (Å²) in [5, 5.41) is 12.5. The molecule has 1 aromatic rings. The third kappa shape index (κ3) is 3.83. The van der Waals surface area contributed by atoms with E-state index in [1.807, 2.05) is 12.1 Å². The van der Waals surface area contributed by atoms with Gasteiger partial charge in [0.2, 0.25) is 0 Å². The Hall–Kier alpha value is -1.62. The van der Waals surface area contributed by atoms with E-state index < -0.39 is 6.67 Å². The first kappa shape index (κ1) is 16.2. The van der Waals surface area contributed by atoms with Crippen LogP contribution in [-0.2, 0) is 17.6 Å². The lowest BCUT2D eigenvalue weighted by Gasteiger charge is -2.28. The normalized spacial score (nSPS) is 25.6. The summed E-state index contributed by atoms with van der Waals surface area (Å²) in [6.45, 7) is -0.131. The average molecular weight is 321 g/mol. The first-order chi connectivity index (χ1) is 11.2. The number of halogens is 1. The maximum absolute atomic E-state index is 12.0. The van der Waals surface area contributed by atoms with E-state index in [1.165, 1.54) is 11.1 Å². The quantitative estimate of drug-likeness (QED) is 0.788. The number of aliphatic hydroxyl groups is 1. The highest BCUT2D eigenvalue weighted by molar-refractivity contribution is 5.77. The standard InChI is InChI=1S/C18H24FNO3/c19-5-2-6-20-18(22)11-23-17-4-1-3-12-7-13-8-15(21)9-14(13)10-16(12)17/h1,3-4,13-15,21H,2,5-11H2,(H,20,22). The summed E-state index contributed by atoms with van der Waals surface area (Å²) in [5.74, 6) is 1.63. The zero-order chi connectivity index (χ0) is 16.2. The molecule has 2 N–H and O–H groups in total. The Bertz CT molecular complexity index is 563. The lowest BCUT2D eigenvalue weighted by molar-refractivity contribution is -0.123. The predicted octanol–water partition coefficient (Wildman–Crippen LogP) is 2.03. The number of ether oxygens (including phenoxy) is 1. The van der Waals surface area contributed by atoms with Crippen molar-refractivity contribution in [1.29, 1.82) is 0 Å². The fourth-order valence-electron chi connectivity index (χ4n) is 3.88. The van der Waals surface area contributed by atoms with Crippen LogP contribution >= 0.6 is 0 Å². The van der Waals surface area contributed by atoms with Gasteiger partial charge in [-0.25, -0.2) is 0 Å². The Morgan fingerprint density at radius 3 is 2.87 bits per heavy atom. The summed E-state index contributed by atoms with van der Waals surface area (Å²) < 4.78 is 17.7. The van der Waals surface area contributed by atoms with Crippen molar-refractivity contribution >= 4 is 5.91 Å². The van der Waals surface area contributed by atoms with Gasteiger partial charge in [-0.3, -0.25) is 9.18 Å². The van der Waals surface area contributed by atoms with Gasteiger partial charge in [-0.05, 0) is 61.1 Å². The van der Waals surface area contributed by atoms with E-state index in [0.717, 1.165) is 31.4 Å². The molecule has 2 aliphatic carbocycles. The number of hydrogen-bond donors (Lipinski definition) is 2. The van der Waals surface area contributed by atoms with E-state index >= 15 is 0 Å². The number of benzene rings is 1. The Morgan fingerprint density at radius 1 is 1.30 bits per heavy atom. The largest absolute Gasteiger partial charge is 0.483 e. The van der Waals surface area contributed by atoms with Gasteiger partial charge >= 0.3 is 0 Å². The number of carbonyl (C=O) groups excluding carboxylic acids is 1. The zero-order valence-corrected chi connectivity index (χ0v) is 13.3. The number of fused-ring (bicyclic) bond motifs is 2. The summed E-state index contributed by atoms with van der Waals surface area (Å²) in [6, 6.07) is 5.98. The molecule has 0 radical (unpaired) electrons. The molecule has 23 heavy (non-hydrogen) atoms. The highest BCUT2D eigenvalue weighted by Gasteiger charge is 2.37. The van der Waals surface area contributed by atoms with Crippen LogP contribution in [0.1, 0.15) is 30.4 Å². The van der Waals surface area contributed by atoms with Gasteiger partial charge in [0.15, 0.2) is 6.61 Å². The molecule has 1 aromatic carbocycles. The summed E-state index contributed by atoms with van der Waals surface area (Å²) in [7, 11) is 0. The molecular formula is C18H24FNO3. The Labute approximate surface area is 136 Å². The lowest BCUT2D eigenvalue weighted by Crippen LogP contribution is -2.30. The van der Waals surface area contributed by atoms with Gasteiger partial charge in [-0.15, -0.1) is 0 Å². The molecule has 5 heteroatoms. The summed E-state index contributed by atoms with van der Waals surface area (Å²) in [5.41, 5.74) is 2.45. The molecule has 1 amide bonds.